The fraction of sp³-hybridized carbons (Fsp3) is 0.609. The molecule has 176 valence electrons. The molecule has 2 heterocycles. The summed E-state index contributed by atoms with van der Waals surface area (Å²) >= 11 is 0. The first-order valence-corrected chi connectivity index (χ1v) is 11.4. The molecule has 1 atom stereocenters. The lowest BCUT2D eigenvalue weighted by molar-refractivity contribution is -0.133. The number of imide groups is 1. The number of anilines is 2. The van der Waals surface area contributed by atoms with Crippen LogP contribution in [0.15, 0.2) is 24.3 Å². The summed E-state index contributed by atoms with van der Waals surface area (Å²) in [5.41, 5.74) is 1.43. The van der Waals surface area contributed by atoms with Gasteiger partial charge in [0.15, 0.2) is 0 Å². The Morgan fingerprint density at radius 2 is 1.69 bits per heavy atom. The third kappa shape index (κ3) is 7.85. The Balaban J connectivity index is 1.26. The van der Waals surface area contributed by atoms with E-state index in [0.717, 1.165) is 37.9 Å². The van der Waals surface area contributed by atoms with Crippen molar-refractivity contribution in [3.05, 3.63) is 24.3 Å². The zero-order valence-electron chi connectivity index (χ0n) is 18.3. The van der Waals surface area contributed by atoms with E-state index in [1.165, 1.54) is 0 Å². The standard InChI is InChI=1S/C23H32F2N4O3/c24-23(25)12-15-29(16-13-23)14-4-2-1-3-5-20(30)27-18-8-6-17(7-9-18)26-19-10-11-21(31)28-22(19)32/h6-9,19,26H,1-5,10-16H2,(H,27,30)(H,28,31,32). The Hall–Kier alpha value is -2.55. The predicted molar refractivity (Wildman–Crippen MR) is 119 cm³/mol. The van der Waals surface area contributed by atoms with Crippen LogP contribution in [0.4, 0.5) is 20.2 Å². The Labute approximate surface area is 187 Å². The molecule has 3 rings (SSSR count). The van der Waals surface area contributed by atoms with E-state index in [4.69, 9.17) is 0 Å². The topological polar surface area (TPSA) is 90.5 Å². The van der Waals surface area contributed by atoms with E-state index in [2.05, 4.69) is 20.9 Å². The second-order valence-corrected chi connectivity index (χ2v) is 8.64. The normalized spacial score (nSPS) is 21.1. The highest BCUT2D eigenvalue weighted by Gasteiger charge is 2.33. The van der Waals surface area contributed by atoms with E-state index in [-0.39, 0.29) is 30.6 Å². The van der Waals surface area contributed by atoms with Crippen LogP contribution in [0.3, 0.4) is 0 Å². The van der Waals surface area contributed by atoms with E-state index >= 15 is 0 Å². The number of nitrogens with one attached hydrogen (secondary N) is 3. The largest absolute Gasteiger partial charge is 0.374 e. The maximum Gasteiger partial charge on any atom is 0.250 e. The summed E-state index contributed by atoms with van der Waals surface area (Å²) in [4.78, 5) is 37.3. The molecule has 0 bridgehead atoms. The molecule has 1 unspecified atom stereocenters. The maximum absolute atomic E-state index is 13.1. The molecular formula is C23H32F2N4O3. The van der Waals surface area contributed by atoms with Crippen LogP contribution >= 0.6 is 0 Å². The van der Waals surface area contributed by atoms with Crippen molar-refractivity contribution in [2.45, 2.75) is 69.8 Å². The fourth-order valence-electron chi connectivity index (χ4n) is 3.98. The average molecular weight is 451 g/mol. The molecule has 0 spiro atoms. The van der Waals surface area contributed by atoms with Gasteiger partial charge in [-0.1, -0.05) is 12.8 Å². The number of piperidine rings is 2. The number of carbonyl (C=O) groups excluding carboxylic acids is 3. The second kappa shape index (κ2) is 11.4. The van der Waals surface area contributed by atoms with Crippen LogP contribution in [-0.2, 0) is 14.4 Å². The Bertz CT molecular complexity index is 791. The van der Waals surface area contributed by atoms with Gasteiger partial charge in [-0.2, -0.15) is 0 Å². The number of amides is 3. The number of hydrogen-bond acceptors (Lipinski definition) is 5. The van der Waals surface area contributed by atoms with Gasteiger partial charge in [-0.05, 0) is 50.1 Å². The summed E-state index contributed by atoms with van der Waals surface area (Å²) in [6, 6.07) is 6.68. The van der Waals surface area contributed by atoms with Crippen molar-refractivity contribution in [1.82, 2.24) is 10.2 Å². The number of carbonyl (C=O) groups is 3. The minimum Gasteiger partial charge on any atom is -0.374 e. The summed E-state index contributed by atoms with van der Waals surface area (Å²) in [6.45, 7) is 1.79. The van der Waals surface area contributed by atoms with Crippen LogP contribution in [0.2, 0.25) is 0 Å². The molecule has 2 aliphatic rings. The minimum atomic E-state index is -2.49. The van der Waals surface area contributed by atoms with Gasteiger partial charge in [0, 0.05) is 50.1 Å². The number of unbranched alkanes of at least 4 members (excludes halogenated alkanes) is 3. The van der Waals surface area contributed by atoms with E-state index in [1.54, 1.807) is 24.3 Å². The molecule has 0 aromatic heterocycles. The molecular weight excluding hydrogens is 418 g/mol. The Morgan fingerprint density at radius 3 is 2.38 bits per heavy atom. The van der Waals surface area contributed by atoms with Crippen molar-refractivity contribution in [3.63, 3.8) is 0 Å². The first-order chi connectivity index (χ1) is 15.3. The molecule has 0 radical (unpaired) electrons. The molecule has 3 amide bonds. The van der Waals surface area contributed by atoms with Gasteiger partial charge in [0.25, 0.3) is 5.92 Å². The third-order valence-electron chi connectivity index (χ3n) is 5.96. The molecule has 2 saturated heterocycles. The molecule has 0 saturated carbocycles. The quantitative estimate of drug-likeness (QED) is 0.375. The lowest BCUT2D eigenvalue weighted by Crippen LogP contribution is -2.47. The first-order valence-electron chi connectivity index (χ1n) is 11.4. The Kier molecular flexibility index (Phi) is 8.55. The predicted octanol–water partition coefficient (Wildman–Crippen LogP) is 3.52. The fourth-order valence-corrected chi connectivity index (χ4v) is 3.98. The molecule has 1 aromatic rings. The highest BCUT2D eigenvalue weighted by Crippen LogP contribution is 2.27. The maximum atomic E-state index is 13.1. The van der Waals surface area contributed by atoms with E-state index in [9.17, 15) is 23.2 Å². The van der Waals surface area contributed by atoms with Crippen molar-refractivity contribution in [2.24, 2.45) is 0 Å². The highest BCUT2D eigenvalue weighted by molar-refractivity contribution is 6.01. The van der Waals surface area contributed by atoms with Gasteiger partial charge in [0.1, 0.15) is 6.04 Å². The van der Waals surface area contributed by atoms with Gasteiger partial charge in [0.2, 0.25) is 17.7 Å². The van der Waals surface area contributed by atoms with Crippen LogP contribution in [0.25, 0.3) is 0 Å². The van der Waals surface area contributed by atoms with Gasteiger partial charge in [0.05, 0.1) is 0 Å². The molecule has 2 fully saturated rings. The molecule has 2 aliphatic heterocycles. The van der Waals surface area contributed by atoms with E-state index in [0.29, 0.717) is 38.0 Å². The Morgan fingerprint density at radius 1 is 1.03 bits per heavy atom. The number of benzene rings is 1. The van der Waals surface area contributed by atoms with Crippen molar-refractivity contribution >= 4 is 29.1 Å². The molecule has 7 nitrogen and oxygen atoms in total. The van der Waals surface area contributed by atoms with Gasteiger partial charge in [-0.3, -0.25) is 19.7 Å². The molecule has 3 N–H and O–H groups in total. The average Bonchev–Trinajstić information content (AvgIpc) is 2.75. The van der Waals surface area contributed by atoms with Crippen LogP contribution in [0.5, 0.6) is 0 Å². The van der Waals surface area contributed by atoms with Crippen LogP contribution < -0.4 is 16.0 Å². The molecule has 9 heteroatoms. The summed E-state index contributed by atoms with van der Waals surface area (Å²) in [5.74, 6) is -3.11. The zero-order chi connectivity index (χ0) is 23.0. The van der Waals surface area contributed by atoms with E-state index in [1.807, 2.05) is 0 Å². The van der Waals surface area contributed by atoms with E-state index < -0.39 is 12.0 Å². The number of hydrogen-bond donors (Lipinski definition) is 3. The smallest absolute Gasteiger partial charge is 0.250 e. The number of alkyl halides is 2. The summed E-state index contributed by atoms with van der Waals surface area (Å²) in [7, 11) is 0. The third-order valence-corrected chi connectivity index (χ3v) is 5.96. The summed E-state index contributed by atoms with van der Waals surface area (Å²) in [5, 5.41) is 8.28. The van der Waals surface area contributed by atoms with Gasteiger partial charge in [-0.25, -0.2) is 8.78 Å². The molecule has 0 aliphatic carbocycles. The van der Waals surface area contributed by atoms with Crippen LogP contribution in [0, 0.1) is 0 Å². The lowest BCUT2D eigenvalue weighted by atomic mass is 10.1. The second-order valence-electron chi connectivity index (χ2n) is 8.64. The monoisotopic (exact) mass is 450 g/mol. The van der Waals surface area contributed by atoms with Crippen molar-refractivity contribution < 1.29 is 23.2 Å². The van der Waals surface area contributed by atoms with Gasteiger partial charge < -0.3 is 15.5 Å². The SMILES string of the molecule is O=C1CCC(Nc2ccc(NC(=O)CCCCCCN3CCC(F)(F)CC3)cc2)C(=O)N1. The van der Waals surface area contributed by atoms with Crippen molar-refractivity contribution in [2.75, 3.05) is 30.3 Å². The summed E-state index contributed by atoms with van der Waals surface area (Å²) in [6.07, 6.45) is 4.81. The number of rotatable bonds is 10. The van der Waals surface area contributed by atoms with Crippen LogP contribution in [0.1, 0.15) is 57.8 Å². The molecule has 1 aromatic carbocycles. The molecule has 32 heavy (non-hydrogen) atoms. The highest BCUT2D eigenvalue weighted by atomic mass is 19.3. The number of halogens is 2. The van der Waals surface area contributed by atoms with Crippen LogP contribution in [-0.4, -0.2) is 54.2 Å². The summed E-state index contributed by atoms with van der Waals surface area (Å²) < 4.78 is 26.3. The minimum absolute atomic E-state index is 0.0405. The first kappa shape index (κ1) is 24.1. The van der Waals surface area contributed by atoms with Crippen molar-refractivity contribution in [3.8, 4) is 0 Å². The zero-order valence-corrected chi connectivity index (χ0v) is 18.3. The lowest BCUT2D eigenvalue weighted by Gasteiger charge is -2.31. The van der Waals surface area contributed by atoms with Crippen molar-refractivity contribution in [1.29, 1.82) is 0 Å². The van der Waals surface area contributed by atoms with Gasteiger partial charge in [-0.15, -0.1) is 0 Å². The number of nitrogens with zero attached hydrogens (tertiary/aromatic N) is 1. The number of likely N-dealkylation sites (tertiary alicyclic amines) is 1. The van der Waals surface area contributed by atoms with Gasteiger partial charge >= 0.3 is 0 Å².